The van der Waals surface area contributed by atoms with Crippen LogP contribution in [0.5, 0.6) is 0 Å². The van der Waals surface area contributed by atoms with Gasteiger partial charge in [0, 0.05) is 5.56 Å². The second-order valence-corrected chi connectivity index (χ2v) is 3.53. The molecule has 0 N–H and O–H groups in total. The Morgan fingerprint density at radius 3 is 2.65 bits per heavy atom. The number of carbonyl (C=O) groups excluding carboxylic acids is 2. The van der Waals surface area contributed by atoms with Crippen LogP contribution in [0.3, 0.4) is 0 Å². The molecule has 1 aromatic rings. The third-order valence-electron chi connectivity index (χ3n) is 2.06. The summed E-state index contributed by atoms with van der Waals surface area (Å²) in [6.07, 6.45) is 0.217. The summed E-state index contributed by atoms with van der Waals surface area (Å²) < 4.78 is 0. The molecule has 0 saturated carbocycles. The van der Waals surface area contributed by atoms with Crippen molar-refractivity contribution < 1.29 is 14.5 Å². The summed E-state index contributed by atoms with van der Waals surface area (Å²) in [4.78, 5) is 32.3. The fourth-order valence-electron chi connectivity index (χ4n) is 1.33. The number of hydrogen-bond acceptors (Lipinski definition) is 5. The predicted molar refractivity (Wildman–Crippen MR) is 61.3 cm³/mol. The van der Waals surface area contributed by atoms with Gasteiger partial charge in [-0.15, -0.1) is 0 Å². The molecule has 1 rings (SSSR count). The van der Waals surface area contributed by atoms with Crippen molar-refractivity contribution in [3.8, 4) is 6.07 Å². The van der Waals surface area contributed by atoms with E-state index in [1.807, 2.05) is 0 Å². The molecule has 0 heterocycles. The molecule has 0 aliphatic carbocycles. The van der Waals surface area contributed by atoms with Crippen LogP contribution in [0, 0.1) is 21.4 Å². The van der Waals surface area contributed by atoms with Crippen LogP contribution in [0.4, 0.5) is 5.69 Å². The fraction of sp³-hybridized carbons (Fsp3) is 0.100. The van der Waals surface area contributed by atoms with E-state index in [1.54, 1.807) is 6.07 Å². The lowest BCUT2D eigenvalue weighted by Gasteiger charge is -2.03. The Balaban J connectivity index is 3.65. The molecule has 0 saturated heterocycles. The van der Waals surface area contributed by atoms with Crippen LogP contribution in [-0.4, -0.2) is 22.3 Å². The lowest BCUT2D eigenvalue weighted by molar-refractivity contribution is -0.385. The maximum Gasteiger partial charge on any atom is 0.298 e. The maximum atomic E-state index is 11.5. The Morgan fingerprint density at radius 1 is 1.59 bits per heavy atom. The number of Topliss-reactive ketones (excluding diaryl/α,β-unsaturated/α-hetero) is 1. The van der Waals surface area contributed by atoms with Crippen LogP contribution in [0.1, 0.15) is 26.3 Å². The number of ketones is 1. The van der Waals surface area contributed by atoms with Crippen LogP contribution < -0.4 is 0 Å². The topological polar surface area (TPSA) is 101 Å². The lowest BCUT2D eigenvalue weighted by Crippen LogP contribution is -2.08. The molecule has 0 aliphatic heterocycles. The summed E-state index contributed by atoms with van der Waals surface area (Å²) in [5.74, 6) is -0.459. The highest BCUT2D eigenvalue weighted by Gasteiger charge is 2.25. The van der Waals surface area contributed by atoms with Gasteiger partial charge in [0.25, 0.3) is 5.69 Å². The van der Waals surface area contributed by atoms with Crippen molar-refractivity contribution in [3.63, 3.8) is 0 Å². The number of alkyl halides is 1. The lowest BCUT2D eigenvalue weighted by atomic mass is 10.00. The SMILES string of the molecule is N#Cc1ccc(C(=O)CBr)c(C=O)c1[N+](=O)[O-]. The summed E-state index contributed by atoms with van der Waals surface area (Å²) in [5.41, 5.74) is -1.31. The third-order valence-corrected chi connectivity index (χ3v) is 2.57. The second kappa shape index (κ2) is 5.32. The fourth-order valence-corrected chi connectivity index (χ4v) is 1.63. The van der Waals surface area contributed by atoms with Crippen molar-refractivity contribution in [2.75, 3.05) is 5.33 Å². The number of aldehydes is 1. The molecule has 0 fully saturated rings. The van der Waals surface area contributed by atoms with Crippen LogP contribution in [0.15, 0.2) is 12.1 Å². The highest BCUT2D eigenvalue weighted by molar-refractivity contribution is 9.09. The molecule has 86 valence electrons. The van der Waals surface area contributed by atoms with Crippen molar-refractivity contribution in [1.29, 1.82) is 5.26 Å². The molecule has 0 amide bonds. The van der Waals surface area contributed by atoms with E-state index in [9.17, 15) is 19.7 Å². The molecule has 0 bridgehead atoms. The first-order valence-electron chi connectivity index (χ1n) is 4.32. The molecule has 0 aromatic heterocycles. The zero-order valence-corrected chi connectivity index (χ0v) is 9.93. The Hall–Kier alpha value is -2.07. The summed E-state index contributed by atoms with van der Waals surface area (Å²) in [5, 5.41) is 19.4. The quantitative estimate of drug-likeness (QED) is 0.277. The van der Waals surface area contributed by atoms with E-state index >= 15 is 0 Å². The first kappa shape index (κ1) is 13.0. The summed E-state index contributed by atoms with van der Waals surface area (Å²) in [6, 6.07) is 4.00. The number of carbonyl (C=O) groups is 2. The summed E-state index contributed by atoms with van der Waals surface area (Å²) in [7, 11) is 0. The first-order chi connectivity index (χ1) is 8.06. The zero-order chi connectivity index (χ0) is 13.0. The Morgan fingerprint density at radius 2 is 2.24 bits per heavy atom. The van der Waals surface area contributed by atoms with Gasteiger partial charge in [-0.2, -0.15) is 5.26 Å². The Labute approximate surface area is 104 Å². The highest BCUT2D eigenvalue weighted by atomic mass is 79.9. The average molecular weight is 297 g/mol. The third kappa shape index (κ3) is 2.37. The zero-order valence-electron chi connectivity index (χ0n) is 8.34. The van der Waals surface area contributed by atoms with Gasteiger partial charge < -0.3 is 0 Å². The number of nitrogens with zero attached hydrogens (tertiary/aromatic N) is 2. The van der Waals surface area contributed by atoms with E-state index in [4.69, 9.17) is 5.26 Å². The molecule has 6 nitrogen and oxygen atoms in total. The van der Waals surface area contributed by atoms with Gasteiger partial charge in [0.1, 0.15) is 17.2 Å². The van der Waals surface area contributed by atoms with Gasteiger partial charge in [-0.3, -0.25) is 19.7 Å². The van der Waals surface area contributed by atoms with E-state index in [1.165, 1.54) is 6.07 Å². The minimum absolute atomic E-state index is 0.0586. The number of nitriles is 1. The first-order valence-corrected chi connectivity index (χ1v) is 5.44. The van der Waals surface area contributed by atoms with Gasteiger partial charge in [0.15, 0.2) is 12.1 Å². The number of hydrogen-bond donors (Lipinski definition) is 0. The molecule has 7 heteroatoms. The highest BCUT2D eigenvalue weighted by Crippen LogP contribution is 2.26. The van der Waals surface area contributed by atoms with Gasteiger partial charge >= 0.3 is 0 Å². The van der Waals surface area contributed by atoms with E-state index in [0.717, 1.165) is 6.07 Å². The smallest absolute Gasteiger partial charge is 0.298 e. The standard InChI is InChI=1S/C10H5BrN2O4/c11-3-9(15)7-2-1-6(4-12)10(13(16)17)8(7)5-14/h1-2,5H,3H2. The molecule has 0 aliphatic rings. The van der Waals surface area contributed by atoms with E-state index < -0.39 is 16.4 Å². The van der Waals surface area contributed by atoms with Crippen molar-refractivity contribution in [1.82, 2.24) is 0 Å². The predicted octanol–water partition coefficient (Wildman–Crippen LogP) is 1.86. The largest absolute Gasteiger partial charge is 0.298 e. The molecular formula is C10H5BrN2O4. The van der Waals surface area contributed by atoms with Gasteiger partial charge in [-0.25, -0.2) is 0 Å². The molecule has 17 heavy (non-hydrogen) atoms. The minimum atomic E-state index is -0.840. The van der Waals surface area contributed by atoms with Crippen LogP contribution in [0.2, 0.25) is 0 Å². The minimum Gasteiger partial charge on any atom is -0.298 e. The normalized spacial score (nSPS) is 9.41. The van der Waals surface area contributed by atoms with Gasteiger partial charge in [-0.05, 0) is 12.1 Å². The monoisotopic (exact) mass is 296 g/mol. The van der Waals surface area contributed by atoms with Gasteiger partial charge in [0.2, 0.25) is 0 Å². The summed E-state index contributed by atoms with van der Waals surface area (Å²) in [6.45, 7) is 0. The van der Waals surface area contributed by atoms with Crippen molar-refractivity contribution in [2.45, 2.75) is 0 Å². The Bertz CT molecular complexity index is 548. The summed E-state index contributed by atoms with van der Waals surface area (Å²) >= 11 is 2.91. The van der Waals surface area contributed by atoms with E-state index in [0.29, 0.717) is 0 Å². The average Bonchev–Trinajstić information content (AvgIpc) is 2.35. The second-order valence-electron chi connectivity index (χ2n) is 2.97. The van der Waals surface area contributed by atoms with Crippen molar-refractivity contribution in [3.05, 3.63) is 38.9 Å². The Kier molecular flexibility index (Phi) is 4.06. The van der Waals surface area contributed by atoms with Crippen LogP contribution in [-0.2, 0) is 0 Å². The maximum absolute atomic E-state index is 11.5. The van der Waals surface area contributed by atoms with Gasteiger partial charge in [-0.1, -0.05) is 15.9 Å². The molecule has 0 unspecified atom stereocenters. The molecule has 0 radical (unpaired) electrons. The van der Waals surface area contributed by atoms with Crippen molar-refractivity contribution in [2.24, 2.45) is 0 Å². The van der Waals surface area contributed by atoms with Crippen LogP contribution >= 0.6 is 15.9 Å². The molecule has 1 aromatic carbocycles. The number of nitro groups is 1. The van der Waals surface area contributed by atoms with Crippen molar-refractivity contribution >= 4 is 33.7 Å². The van der Waals surface area contributed by atoms with Gasteiger partial charge in [0.05, 0.1) is 10.3 Å². The molecule has 0 spiro atoms. The van der Waals surface area contributed by atoms with Crippen LogP contribution in [0.25, 0.3) is 0 Å². The number of rotatable bonds is 4. The number of benzene rings is 1. The number of nitro benzene ring substituents is 1. The molecular weight excluding hydrogens is 292 g/mol. The van der Waals surface area contributed by atoms with E-state index in [-0.39, 0.29) is 28.3 Å². The van der Waals surface area contributed by atoms with E-state index in [2.05, 4.69) is 15.9 Å². The molecule has 0 atom stereocenters. The number of halogens is 1.